The number of carbonyl (C=O) groups excluding carboxylic acids is 1. The zero-order valence-electron chi connectivity index (χ0n) is 12.3. The van der Waals surface area contributed by atoms with Crippen LogP contribution in [0.25, 0.3) is 0 Å². The van der Waals surface area contributed by atoms with Crippen LogP contribution >= 0.6 is 0 Å². The van der Waals surface area contributed by atoms with Gasteiger partial charge in [0, 0.05) is 6.42 Å². The number of fused-ring (bicyclic) bond motifs is 1. The molecule has 21 heavy (non-hydrogen) atoms. The number of para-hydroxylation sites is 1. The first-order valence-corrected chi connectivity index (χ1v) is 6.67. The normalized spacial score (nSPS) is 20.9. The van der Waals surface area contributed by atoms with E-state index in [1.54, 1.807) is 39.0 Å². The number of alkyl carbamates (subject to hydrolysis) is 1. The molecule has 2 rings (SSSR count). The smallest absolute Gasteiger partial charge is 0.408 e. The van der Waals surface area contributed by atoms with Gasteiger partial charge in [0.2, 0.25) is 0 Å². The Labute approximate surface area is 123 Å². The maximum atomic E-state index is 11.9. The molecular formula is C15H19NO5. The molecule has 1 unspecified atom stereocenters. The highest BCUT2D eigenvalue weighted by Crippen LogP contribution is 2.29. The first-order chi connectivity index (χ1) is 9.72. The quantitative estimate of drug-likeness (QED) is 0.870. The van der Waals surface area contributed by atoms with E-state index in [0.29, 0.717) is 5.75 Å². The topological polar surface area (TPSA) is 84.9 Å². The summed E-state index contributed by atoms with van der Waals surface area (Å²) in [5, 5.41) is 12.0. The lowest BCUT2D eigenvalue weighted by Gasteiger charge is -2.35. The number of carbonyl (C=O) groups is 2. The molecule has 1 aliphatic heterocycles. The fourth-order valence-corrected chi connectivity index (χ4v) is 2.14. The molecule has 1 aliphatic rings. The molecule has 1 aromatic rings. The number of carboxylic acid groups (broad SMARTS) is 1. The molecule has 1 amide bonds. The van der Waals surface area contributed by atoms with Crippen LogP contribution in [0.1, 0.15) is 26.3 Å². The zero-order chi connectivity index (χ0) is 15.7. The lowest BCUT2D eigenvalue weighted by molar-refractivity contribution is -0.146. The summed E-state index contributed by atoms with van der Waals surface area (Å²) in [6.07, 6.45) is -0.620. The SMILES string of the molecule is CC(C)(C)OC(=O)NC1(C(=O)O)COc2ccccc2C1. The second-order valence-corrected chi connectivity index (χ2v) is 6.09. The van der Waals surface area contributed by atoms with Gasteiger partial charge in [-0.25, -0.2) is 9.59 Å². The summed E-state index contributed by atoms with van der Waals surface area (Å²) in [6, 6.07) is 7.17. The maximum absolute atomic E-state index is 11.9. The number of hydrogen-bond donors (Lipinski definition) is 2. The van der Waals surface area contributed by atoms with E-state index in [-0.39, 0.29) is 13.0 Å². The van der Waals surface area contributed by atoms with Crippen molar-refractivity contribution in [3.8, 4) is 5.75 Å². The van der Waals surface area contributed by atoms with Gasteiger partial charge < -0.3 is 19.9 Å². The van der Waals surface area contributed by atoms with Crippen molar-refractivity contribution < 1.29 is 24.2 Å². The highest BCUT2D eigenvalue weighted by molar-refractivity contribution is 5.85. The minimum Gasteiger partial charge on any atom is -0.490 e. The summed E-state index contributed by atoms with van der Waals surface area (Å²) in [5.41, 5.74) is -1.48. The molecule has 6 nitrogen and oxygen atoms in total. The fraction of sp³-hybridized carbons (Fsp3) is 0.467. The number of rotatable bonds is 2. The van der Waals surface area contributed by atoms with Crippen molar-refractivity contribution in [2.24, 2.45) is 0 Å². The van der Waals surface area contributed by atoms with Crippen molar-refractivity contribution in [2.75, 3.05) is 6.61 Å². The number of hydrogen-bond acceptors (Lipinski definition) is 4. The van der Waals surface area contributed by atoms with Crippen molar-refractivity contribution in [1.29, 1.82) is 0 Å². The summed E-state index contributed by atoms with van der Waals surface area (Å²) < 4.78 is 10.6. The molecule has 0 saturated heterocycles. The molecule has 0 bridgehead atoms. The second-order valence-electron chi connectivity index (χ2n) is 6.09. The van der Waals surface area contributed by atoms with E-state index in [0.717, 1.165) is 5.56 Å². The van der Waals surface area contributed by atoms with E-state index in [2.05, 4.69) is 5.32 Å². The summed E-state index contributed by atoms with van der Waals surface area (Å²) >= 11 is 0. The van der Waals surface area contributed by atoms with Crippen molar-refractivity contribution in [1.82, 2.24) is 5.32 Å². The fourth-order valence-electron chi connectivity index (χ4n) is 2.14. The van der Waals surface area contributed by atoms with Crippen molar-refractivity contribution in [3.63, 3.8) is 0 Å². The first kappa shape index (κ1) is 15.2. The molecule has 0 aliphatic carbocycles. The van der Waals surface area contributed by atoms with E-state index in [1.165, 1.54) is 0 Å². The summed E-state index contributed by atoms with van der Waals surface area (Å²) in [5.74, 6) is -0.511. The average molecular weight is 293 g/mol. The molecule has 114 valence electrons. The molecule has 0 spiro atoms. The molecule has 1 aromatic carbocycles. The van der Waals surface area contributed by atoms with Gasteiger partial charge in [0.1, 0.15) is 18.0 Å². The number of nitrogens with one attached hydrogen (secondary N) is 1. The molecule has 1 heterocycles. The highest BCUT2D eigenvalue weighted by atomic mass is 16.6. The molecule has 6 heteroatoms. The maximum Gasteiger partial charge on any atom is 0.408 e. The summed E-state index contributed by atoms with van der Waals surface area (Å²) in [4.78, 5) is 23.5. The Hall–Kier alpha value is -2.24. The van der Waals surface area contributed by atoms with Gasteiger partial charge in [-0.05, 0) is 32.4 Å². The van der Waals surface area contributed by atoms with Crippen molar-refractivity contribution >= 4 is 12.1 Å². The van der Waals surface area contributed by atoms with E-state index in [4.69, 9.17) is 9.47 Å². The molecular weight excluding hydrogens is 274 g/mol. The predicted molar refractivity (Wildman–Crippen MR) is 75.4 cm³/mol. The second kappa shape index (κ2) is 5.27. The predicted octanol–water partition coefficient (Wildman–Crippen LogP) is 1.97. The number of ether oxygens (including phenoxy) is 2. The molecule has 0 fully saturated rings. The minimum absolute atomic E-state index is 0.140. The van der Waals surface area contributed by atoms with Gasteiger partial charge >= 0.3 is 12.1 Å². The van der Waals surface area contributed by atoms with Crippen molar-refractivity contribution in [3.05, 3.63) is 29.8 Å². The van der Waals surface area contributed by atoms with Crippen LogP contribution in [0.2, 0.25) is 0 Å². The Balaban J connectivity index is 2.20. The van der Waals surface area contributed by atoms with E-state index in [9.17, 15) is 14.7 Å². The minimum atomic E-state index is -1.52. The Morgan fingerprint density at radius 1 is 1.33 bits per heavy atom. The third-order valence-corrected chi connectivity index (χ3v) is 3.09. The van der Waals surface area contributed by atoms with Gasteiger partial charge in [-0.3, -0.25) is 0 Å². The van der Waals surface area contributed by atoms with Crippen molar-refractivity contribution in [2.45, 2.75) is 38.3 Å². The molecule has 1 atom stereocenters. The van der Waals surface area contributed by atoms with Gasteiger partial charge in [-0.2, -0.15) is 0 Å². The van der Waals surface area contributed by atoms with Crippen LogP contribution in [-0.2, 0) is 16.0 Å². The van der Waals surface area contributed by atoms with Gasteiger partial charge in [-0.1, -0.05) is 18.2 Å². The summed E-state index contributed by atoms with van der Waals surface area (Å²) in [6.45, 7) is 5.00. The van der Waals surface area contributed by atoms with E-state index in [1.807, 2.05) is 6.07 Å². The van der Waals surface area contributed by atoms with E-state index < -0.39 is 23.2 Å². The van der Waals surface area contributed by atoms with Crippen LogP contribution in [0, 0.1) is 0 Å². The number of aliphatic carboxylic acids is 1. The first-order valence-electron chi connectivity index (χ1n) is 6.67. The van der Waals surface area contributed by atoms with Crippen LogP contribution < -0.4 is 10.1 Å². The monoisotopic (exact) mass is 293 g/mol. The van der Waals surface area contributed by atoms with Gasteiger partial charge in [0.15, 0.2) is 5.54 Å². The lowest BCUT2D eigenvalue weighted by Crippen LogP contribution is -2.61. The third-order valence-electron chi connectivity index (χ3n) is 3.09. The van der Waals surface area contributed by atoms with Crippen LogP contribution in [0.15, 0.2) is 24.3 Å². The third kappa shape index (κ3) is 3.45. The Kier molecular flexibility index (Phi) is 3.80. The summed E-state index contributed by atoms with van der Waals surface area (Å²) in [7, 11) is 0. The largest absolute Gasteiger partial charge is 0.490 e. The van der Waals surface area contributed by atoms with Gasteiger partial charge in [-0.15, -0.1) is 0 Å². The standard InChI is InChI=1S/C15H19NO5/c1-14(2,3)21-13(19)16-15(12(17)18)8-10-6-4-5-7-11(10)20-9-15/h4-7H,8-9H2,1-3H3,(H,16,19)(H,17,18). The highest BCUT2D eigenvalue weighted by Gasteiger charge is 2.45. The van der Waals surface area contributed by atoms with E-state index >= 15 is 0 Å². The van der Waals surface area contributed by atoms with Crippen LogP contribution in [0.3, 0.4) is 0 Å². The molecule has 2 N–H and O–H groups in total. The van der Waals surface area contributed by atoms with Crippen LogP contribution in [-0.4, -0.2) is 34.9 Å². The Morgan fingerprint density at radius 3 is 2.62 bits per heavy atom. The average Bonchev–Trinajstić information content (AvgIpc) is 2.36. The Morgan fingerprint density at radius 2 is 2.00 bits per heavy atom. The molecule has 0 aromatic heterocycles. The van der Waals surface area contributed by atoms with Crippen LogP contribution in [0.4, 0.5) is 4.79 Å². The molecule has 0 radical (unpaired) electrons. The zero-order valence-corrected chi connectivity index (χ0v) is 12.3. The number of carboxylic acids is 1. The van der Waals surface area contributed by atoms with Crippen LogP contribution in [0.5, 0.6) is 5.75 Å². The Bertz CT molecular complexity index is 563. The van der Waals surface area contributed by atoms with Gasteiger partial charge in [0.25, 0.3) is 0 Å². The number of benzene rings is 1. The molecule has 0 saturated carbocycles. The lowest BCUT2D eigenvalue weighted by atomic mass is 9.89. The van der Waals surface area contributed by atoms with Gasteiger partial charge in [0.05, 0.1) is 0 Å². The number of amides is 1.